The van der Waals surface area contributed by atoms with Gasteiger partial charge in [-0.1, -0.05) is 17.7 Å². The number of aromatic nitrogens is 1. The lowest BCUT2D eigenvalue weighted by Gasteiger charge is -2.40. The van der Waals surface area contributed by atoms with E-state index in [1.165, 1.54) is 29.2 Å². The van der Waals surface area contributed by atoms with Crippen LogP contribution in [0.1, 0.15) is 42.2 Å². The molecule has 2 saturated heterocycles. The van der Waals surface area contributed by atoms with Gasteiger partial charge in [0.15, 0.2) is 17.5 Å². The summed E-state index contributed by atoms with van der Waals surface area (Å²) >= 11 is 5.83. The van der Waals surface area contributed by atoms with Crippen LogP contribution < -0.4 is 21.5 Å². The fraction of sp³-hybridized carbons (Fsp3) is 0.458. The number of amides is 2. The van der Waals surface area contributed by atoms with Crippen LogP contribution in [-0.2, 0) is 11.2 Å². The predicted molar refractivity (Wildman–Crippen MR) is 129 cm³/mol. The van der Waals surface area contributed by atoms with Crippen LogP contribution in [0.3, 0.4) is 0 Å². The number of benzene rings is 1. The van der Waals surface area contributed by atoms with Crippen LogP contribution in [0.4, 0.5) is 14.6 Å². The number of halogens is 3. The zero-order chi connectivity index (χ0) is 25.2. The van der Waals surface area contributed by atoms with Gasteiger partial charge < -0.3 is 15.5 Å². The zero-order valence-electron chi connectivity index (χ0n) is 19.6. The number of likely N-dealkylation sites (tertiary alicyclic amines) is 1. The molecular formula is C24H29ClF2N6O2. The van der Waals surface area contributed by atoms with E-state index in [2.05, 4.69) is 26.5 Å². The van der Waals surface area contributed by atoms with Crippen molar-refractivity contribution in [1.29, 1.82) is 0 Å². The summed E-state index contributed by atoms with van der Waals surface area (Å²) in [4.78, 5) is 31.9. The second-order valence-corrected chi connectivity index (χ2v) is 9.59. The predicted octanol–water partition coefficient (Wildman–Crippen LogP) is 2.85. The van der Waals surface area contributed by atoms with E-state index >= 15 is 0 Å². The highest BCUT2D eigenvalue weighted by Crippen LogP contribution is 2.36. The van der Waals surface area contributed by atoms with Gasteiger partial charge in [0.05, 0.1) is 22.2 Å². The number of anilines is 1. The Labute approximate surface area is 207 Å². The summed E-state index contributed by atoms with van der Waals surface area (Å²) in [5.41, 5.74) is 5.76. The SMILES string of the molecule is CNC(=O)C1(Cc2ccc(F)c(NC3CC(C)NN3)n2)CCN(C(=O)c2cccc(Cl)c2F)CC1. The van der Waals surface area contributed by atoms with E-state index in [9.17, 15) is 18.4 Å². The molecule has 188 valence electrons. The smallest absolute Gasteiger partial charge is 0.256 e. The van der Waals surface area contributed by atoms with E-state index in [-0.39, 0.29) is 54.0 Å². The molecule has 3 heterocycles. The van der Waals surface area contributed by atoms with Gasteiger partial charge in [0.1, 0.15) is 0 Å². The number of nitrogens with zero attached hydrogens (tertiary/aromatic N) is 2. The largest absolute Gasteiger partial charge is 0.359 e. The Morgan fingerprint density at radius 2 is 1.94 bits per heavy atom. The van der Waals surface area contributed by atoms with Crippen molar-refractivity contribution in [3.63, 3.8) is 0 Å². The molecule has 2 amide bonds. The van der Waals surface area contributed by atoms with Gasteiger partial charge in [0.25, 0.3) is 5.91 Å². The molecule has 0 spiro atoms. The Kier molecular flexibility index (Phi) is 7.53. The lowest BCUT2D eigenvalue weighted by atomic mass is 9.73. The lowest BCUT2D eigenvalue weighted by molar-refractivity contribution is -0.133. The fourth-order valence-electron chi connectivity index (χ4n) is 4.73. The average Bonchev–Trinajstić information content (AvgIpc) is 3.27. The van der Waals surface area contributed by atoms with Crippen LogP contribution in [0.25, 0.3) is 0 Å². The van der Waals surface area contributed by atoms with Gasteiger partial charge in [0, 0.05) is 38.3 Å². The molecule has 2 atom stereocenters. The molecule has 1 aromatic heterocycles. The van der Waals surface area contributed by atoms with Crippen molar-refractivity contribution in [2.45, 2.75) is 44.8 Å². The number of rotatable bonds is 6. The van der Waals surface area contributed by atoms with Crippen molar-refractivity contribution in [2.24, 2.45) is 5.41 Å². The van der Waals surface area contributed by atoms with Crippen LogP contribution in [0.5, 0.6) is 0 Å². The molecule has 1 aromatic carbocycles. The summed E-state index contributed by atoms with van der Waals surface area (Å²) in [5.74, 6) is -1.75. The number of carbonyl (C=O) groups excluding carboxylic acids is 2. The minimum Gasteiger partial charge on any atom is -0.359 e. The summed E-state index contributed by atoms with van der Waals surface area (Å²) in [6, 6.07) is 7.47. The Bertz CT molecular complexity index is 1110. The number of hydrogen-bond acceptors (Lipinski definition) is 6. The third-order valence-corrected chi connectivity index (χ3v) is 7.02. The number of nitrogens with one attached hydrogen (secondary N) is 4. The molecule has 4 N–H and O–H groups in total. The number of pyridine rings is 1. The van der Waals surface area contributed by atoms with E-state index in [4.69, 9.17) is 11.6 Å². The molecule has 4 rings (SSSR count). The molecule has 8 nitrogen and oxygen atoms in total. The van der Waals surface area contributed by atoms with Gasteiger partial charge in [-0.3, -0.25) is 15.0 Å². The molecule has 0 aliphatic carbocycles. The number of piperidine rings is 1. The summed E-state index contributed by atoms with van der Waals surface area (Å²) < 4.78 is 28.8. The Hall–Kier alpha value is -2.82. The van der Waals surface area contributed by atoms with E-state index in [0.717, 1.165) is 6.42 Å². The first-order valence-corrected chi connectivity index (χ1v) is 12.0. The number of hydrogen-bond donors (Lipinski definition) is 4. The topological polar surface area (TPSA) is 98.4 Å². The van der Waals surface area contributed by atoms with Crippen molar-refractivity contribution in [1.82, 2.24) is 26.1 Å². The third-order valence-electron chi connectivity index (χ3n) is 6.73. The van der Waals surface area contributed by atoms with Crippen LogP contribution in [0.15, 0.2) is 30.3 Å². The first kappa shape index (κ1) is 25.3. The average molecular weight is 507 g/mol. The molecular weight excluding hydrogens is 478 g/mol. The monoisotopic (exact) mass is 506 g/mol. The van der Waals surface area contributed by atoms with Crippen molar-refractivity contribution in [3.8, 4) is 0 Å². The second-order valence-electron chi connectivity index (χ2n) is 9.19. The van der Waals surface area contributed by atoms with Gasteiger partial charge in [-0.15, -0.1) is 0 Å². The third kappa shape index (κ3) is 5.39. The molecule has 11 heteroatoms. The van der Waals surface area contributed by atoms with Gasteiger partial charge in [0.2, 0.25) is 5.91 Å². The van der Waals surface area contributed by atoms with Gasteiger partial charge in [-0.05, 0) is 50.5 Å². The second kappa shape index (κ2) is 10.4. The molecule has 2 aliphatic heterocycles. The van der Waals surface area contributed by atoms with Crippen molar-refractivity contribution in [3.05, 3.63) is 58.2 Å². The summed E-state index contributed by atoms with van der Waals surface area (Å²) in [6.07, 6.45) is 1.57. The van der Waals surface area contributed by atoms with Gasteiger partial charge in [-0.25, -0.2) is 19.2 Å². The molecule has 0 bridgehead atoms. The van der Waals surface area contributed by atoms with E-state index in [1.54, 1.807) is 13.1 Å². The Morgan fingerprint density at radius 1 is 1.20 bits per heavy atom. The van der Waals surface area contributed by atoms with E-state index in [0.29, 0.717) is 18.5 Å². The van der Waals surface area contributed by atoms with E-state index in [1.807, 2.05) is 6.92 Å². The van der Waals surface area contributed by atoms with Crippen molar-refractivity contribution < 1.29 is 18.4 Å². The minimum atomic E-state index is -0.831. The maximum Gasteiger partial charge on any atom is 0.256 e. The standard InChI is InChI=1S/C24H29ClF2N6O2/c1-14-12-19(32-31-14)30-21-18(26)7-6-15(29-21)13-24(23(35)28-2)8-10-33(11-9-24)22(34)16-4-3-5-17(25)20(16)27/h3-7,14,19,31-32H,8-13H2,1-2H3,(H,28,35)(H,29,30). The Balaban J connectivity index is 1.49. The van der Waals surface area contributed by atoms with Crippen LogP contribution in [-0.4, -0.2) is 54.0 Å². The van der Waals surface area contributed by atoms with Crippen molar-refractivity contribution >= 4 is 29.2 Å². The van der Waals surface area contributed by atoms with Gasteiger partial charge >= 0.3 is 0 Å². The lowest BCUT2D eigenvalue weighted by Crippen LogP contribution is -2.50. The molecule has 35 heavy (non-hydrogen) atoms. The van der Waals surface area contributed by atoms with E-state index < -0.39 is 23.0 Å². The summed E-state index contributed by atoms with van der Waals surface area (Å²) in [7, 11) is 1.56. The van der Waals surface area contributed by atoms with Crippen LogP contribution in [0, 0.1) is 17.0 Å². The van der Waals surface area contributed by atoms with Crippen LogP contribution in [0.2, 0.25) is 5.02 Å². The Morgan fingerprint density at radius 3 is 2.60 bits per heavy atom. The quantitative estimate of drug-likeness (QED) is 0.481. The maximum atomic E-state index is 14.4. The normalized spacial score (nSPS) is 21.6. The molecule has 2 aliphatic rings. The zero-order valence-corrected chi connectivity index (χ0v) is 20.4. The van der Waals surface area contributed by atoms with Crippen molar-refractivity contribution in [2.75, 3.05) is 25.5 Å². The molecule has 0 saturated carbocycles. The first-order valence-electron chi connectivity index (χ1n) is 11.6. The molecule has 2 unspecified atom stereocenters. The highest BCUT2D eigenvalue weighted by Gasteiger charge is 2.42. The van der Waals surface area contributed by atoms with Gasteiger partial charge in [-0.2, -0.15) is 0 Å². The minimum absolute atomic E-state index is 0.0924. The number of carbonyl (C=O) groups is 2. The highest BCUT2D eigenvalue weighted by molar-refractivity contribution is 6.31. The maximum absolute atomic E-state index is 14.4. The first-order chi connectivity index (χ1) is 16.7. The highest BCUT2D eigenvalue weighted by atomic mass is 35.5. The molecule has 0 radical (unpaired) electrons. The number of hydrazine groups is 1. The summed E-state index contributed by atoms with van der Waals surface area (Å²) in [5, 5.41) is 5.67. The molecule has 2 aromatic rings. The summed E-state index contributed by atoms with van der Waals surface area (Å²) in [6.45, 7) is 2.54. The molecule has 2 fully saturated rings. The fourth-order valence-corrected chi connectivity index (χ4v) is 4.90. The van der Waals surface area contributed by atoms with Crippen LogP contribution >= 0.6 is 11.6 Å².